The Labute approximate surface area is 111 Å². The van der Waals surface area contributed by atoms with Gasteiger partial charge in [-0.05, 0) is 36.6 Å². The first kappa shape index (κ1) is 14.2. The monoisotopic (exact) mass is 273 g/mol. The number of hydrogen-bond acceptors (Lipinski definition) is 2. The van der Waals surface area contributed by atoms with Crippen molar-refractivity contribution in [3.63, 3.8) is 0 Å². The van der Waals surface area contributed by atoms with Crippen LogP contribution in [-0.2, 0) is 6.42 Å². The maximum atomic E-state index is 12.1. The minimum Gasteiger partial charge on any atom is -0.493 e. The molecule has 5 heteroatoms. The summed E-state index contributed by atoms with van der Waals surface area (Å²) < 4.78 is 41.6. The summed E-state index contributed by atoms with van der Waals surface area (Å²) >= 11 is 0. The molecule has 0 bridgehead atoms. The molecule has 0 aliphatic heterocycles. The van der Waals surface area contributed by atoms with Crippen molar-refractivity contribution < 1.29 is 17.9 Å². The highest BCUT2D eigenvalue weighted by Gasteiger charge is 2.28. The van der Waals surface area contributed by atoms with Gasteiger partial charge in [0.1, 0.15) is 5.75 Å². The summed E-state index contributed by atoms with van der Waals surface area (Å²) in [5.41, 5.74) is 2.21. The lowest BCUT2D eigenvalue weighted by molar-refractivity contribution is -0.139. The van der Waals surface area contributed by atoms with Gasteiger partial charge in [0, 0.05) is 6.04 Å². The minimum atomic E-state index is -4.16. The van der Waals surface area contributed by atoms with Gasteiger partial charge in [-0.15, -0.1) is 0 Å². The van der Waals surface area contributed by atoms with Crippen molar-refractivity contribution in [3.05, 3.63) is 29.3 Å². The number of benzene rings is 1. The fourth-order valence-corrected chi connectivity index (χ4v) is 2.49. The highest BCUT2D eigenvalue weighted by Crippen LogP contribution is 2.37. The van der Waals surface area contributed by atoms with Gasteiger partial charge in [0.25, 0.3) is 0 Å². The second kappa shape index (κ2) is 5.82. The molecule has 0 amide bonds. The predicted octanol–water partition coefficient (Wildman–Crippen LogP) is 3.61. The van der Waals surface area contributed by atoms with Gasteiger partial charge in [0.05, 0.1) is 13.0 Å². The Morgan fingerprint density at radius 2 is 2.16 bits per heavy atom. The van der Waals surface area contributed by atoms with Crippen molar-refractivity contribution >= 4 is 0 Å². The zero-order valence-corrected chi connectivity index (χ0v) is 10.9. The molecule has 1 aromatic carbocycles. The van der Waals surface area contributed by atoms with Gasteiger partial charge in [-0.25, -0.2) is 0 Å². The number of alkyl halides is 3. The van der Waals surface area contributed by atoms with E-state index in [0.717, 1.165) is 30.5 Å². The fraction of sp³-hybridized carbons (Fsp3) is 0.571. The third-order valence-corrected chi connectivity index (χ3v) is 3.32. The van der Waals surface area contributed by atoms with E-state index in [0.29, 0.717) is 11.8 Å². The summed E-state index contributed by atoms with van der Waals surface area (Å²) in [6, 6.07) is 5.92. The Morgan fingerprint density at radius 3 is 2.84 bits per heavy atom. The van der Waals surface area contributed by atoms with Crippen LogP contribution in [0.15, 0.2) is 18.2 Å². The largest absolute Gasteiger partial charge is 0.493 e. The number of ether oxygens (including phenoxy) is 1. The first-order chi connectivity index (χ1) is 9.01. The highest BCUT2D eigenvalue weighted by atomic mass is 19.4. The van der Waals surface area contributed by atoms with E-state index in [1.807, 2.05) is 19.1 Å². The third kappa shape index (κ3) is 3.62. The summed E-state index contributed by atoms with van der Waals surface area (Å²) in [4.78, 5) is 0. The molecule has 0 saturated carbocycles. The summed E-state index contributed by atoms with van der Waals surface area (Å²) in [5.74, 6) is 0.599. The van der Waals surface area contributed by atoms with E-state index in [2.05, 4.69) is 5.32 Å². The van der Waals surface area contributed by atoms with Crippen LogP contribution in [0.2, 0.25) is 0 Å². The molecule has 0 heterocycles. The fourth-order valence-electron chi connectivity index (χ4n) is 2.49. The SMILES string of the molecule is CCNC1CCc2c(OCCC(F)(F)F)cccc21. The molecule has 1 aliphatic rings. The van der Waals surface area contributed by atoms with Crippen LogP contribution in [0.3, 0.4) is 0 Å². The number of halogens is 3. The summed E-state index contributed by atoms with van der Waals surface area (Å²) in [6.45, 7) is 2.61. The van der Waals surface area contributed by atoms with Crippen LogP contribution < -0.4 is 10.1 Å². The van der Waals surface area contributed by atoms with Crippen molar-refractivity contribution in [1.29, 1.82) is 0 Å². The standard InChI is InChI=1S/C14H18F3NO/c1-2-18-12-7-6-11-10(12)4-3-5-13(11)19-9-8-14(15,16)17/h3-5,12,18H,2,6-9H2,1H3. The van der Waals surface area contributed by atoms with Crippen LogP contribution in [0.25, 0.3) is 0 Å². The molecule has 1 aromatic rings. The molecule has 0 saturated heterocycles. The Hall–Kier alpha value is -1.23. The van der Waals surface area contributed by atoms with Crippen LogP contribution >= 0.6 is 0 Å². The topological polar surface area (TPSA) is 21.3 Å². The summed E-state index contributed by atoms with van der Waals surface area (Å²) in [6.07, 6.45) is -3.24. The molecule has 2 rings (SSSR count). The van der Waals surface area contributed by atoms with E-state index in [4.69, 9.17) is 4.74 Å². The van der Waals surface area contributed by atoms with Crippen molar-refractivity contribution in [2.45, 2.75) is 38.4 Å². The lowest BCUT2D eigenvalue weighted by atomic mass is 10.1. The maximum Gasteiger partial charge on any atom is 0.392 e. The Bertz CT molecular complexity index is 431. The molecule has 0 spiro atoms. The van der Waals surface area contributed by atoms with E-state index >= 15 is 0 Å². The van der Waals surface area contributed by atoms with Gasteiger partial charge in [-0.2, -0.15) is 13.2 Å². The summed E-state index contributed by atoms with van der Waals surface area (Å²) in [7, 11) is 0. The molecule has 1 aliphatic carbocycles. The van der Waals surface area contributed by atoms with Gasteiger partial charge >= 0.3 is 6.18 Å². The molecule has 106 valence electrons. The molecule has 1 atom stereocenters. The van der Waals surface area contributed by atoms with E-state index in [1.165, 1.54) is 0 Å². The van der Waals surface area contributed by atoms with Crippen LogP contribution in [0, 0.1) is 0 Å². The van der Waals surface area contributed by atoms with Crippen LogP contribution in [-0.4, -0.2) is 19.3 Å². The Kier molecular flexibility index (Phi) is 4.34. The van der Waals surface area contributed by atoms with Gasteiger partial charge in [0.15, 0.2) is 0 Å². The summed E-state index contributed by atoms with van der Waals surface area (Å²) in [5, 5.41) is 3.37. The van der Waals surface area contributed by atoms with Crippen molar-refractivity contribution in [3.8, 4) is 5.75 Å². The van der Waals surface area contributed by atoms with E-state index in [9.17, 15) is 13.2 Å². The first-order valence-electron chi connectivity index (χ1n) is 6.56. The van der Waals surface area contributed by atoms with E-state index in [-0.39, 0.29) is 6.61 Å². The molecule has 2 nitrogen and oxygen atoms in total. The average molecular weight is 273 g/mol. The highest BCUT2D eigenvalue weighted by molar-refractivity contribution is 5.45. The zero-order valence-electron chi connectivity index (χ0n) is 10.9. The molecule has 1 N–H and O–H groups in total. The smallest absolute Gasteiger partial charge is 0.392 e. The minimum absolute atomic E-state index is 0.297. The number of fused-ring (bicyclic) bond motifs is 1. The molecular weight excluding hydrogens is 255 g/mol. The lowest BCUT2D eigenvalue weighted by Crippen LogP contribution is -2.18. The van der Waals surface area contributed by atoms with E-state index in [1.54, 1.807) is 6.07 Å². The van der Waals surface area contributed by atoms with E-state index < -0.39 is 12.6 Å². The van der Waals surface area contributed by atoms with Crippen molar-refractivity contribution in [2.24, 2.45) is 0 Å². The first-order valence-corrected chi connectivity index (χ1v) is 6.56. The quantitative estimate of drug-likeness (QED) is 0.884. The molecule has 19 heavy (non-hydrogen) atoms. The molecule has 1 unspecified atom stereocenters. The van der Waals surface area contributed by atoms with Crippen LogP contribution in [0.5, 0.6) is 5.75 Å². The van der Waals surface area contributed by atoms with Crippen LogP contribution in [0.4, 0.5) is 13.2 Å². The van der Waals surface area contributed by atoms with Crippen molar-refractivity contribution in [2.75, 3.05) is 13.2 Å². The van der Waals surface area contributed by atoms with Gasteiger partial charge in [-0.1, -0.05) is 19.1 Å². The van der Waals surface area contributed by atoms with Gasteiger partial charge < -0.3 is 10.1 Å². The van der Waals surface area contributed by atoms with Gasteiger partial charge in [-0.3, -0.25) is 0 Å². The maximum absolute atomic E-state index is 12.1. The molecular formula is C14H18F3NO. The zero-order chi connectivity index (χ0) is 13.9. The number of rotatable bonds is 5. The number of hydrogen-bond donors (Lipinski definition) is 1. The number of nitrogens with one attached hydrogen (secondary N) is 1. The molecule has 0 aromatic heterocycles. The normalized spacial score (nSPS) is 18.4. The Morgan fingerprint density at radius 1 is 1.37 bits per heavy atom. The molecule has 0 radical (unpaired) electrons. The Balaban J connectivity index is 2.03. The third-order valence-electron chi connectivity index (χ3n) is 3.32. The molecule has 0 fully saturated rings. The predicted molar refractivity (Wildman–Crippen MR) is 67.3 cm³/mol. The van der Waals surface area contributed by atoms with Crippen molar-refractivity contribution in [1.82, 2.24) is 5.32 Å². The van der Waals surface area contributed by atoms with Crippen LogP contribution in [0.1, 0.15) is 36.9 Å². The second-order valence-electron chi connectivity index (χ2n) is 4.69. The second-order valence-corrected chi connectivity index (χ2v) is 4.69. The lowest BCUT2D eigenvalue weighted by Gasteiger charge is -2.14. The average Bonchev–Trinajstić information content (AvgIpc) is 2.73. The van der Waals surface area contributed by atoms with Gasteiger partial charge in [0.2, 0.25) is 0 Å².